The number of allylic oxidation sites excluding steroid dienone is 1. The van der Waals surface area contributed by atoms with Crippen molar-refractivity contribution in [1.29, 1.82) is 0 Å². The van der Waals surface area contributed by atoms with E-state index in [0.29, 0.717) is 18.6 Å². The molecular weight excluding hydrogens is 456 g/mol. The van der Waals surface area contributed by atoms with E-state index >= 15 is 0 Å². The fourth-order valence-electron chi connectivity index (χ4n) is 5.46. The molecule has 5 rings (SSSR count). The number of aromatic nitrogens is 1. The van der Waals surface area contributed by atoms with Crippen molar-refractivity contribution in [2.24, 2.45) is 4.99 Å². The average Bonchev–Trinajstić information content (AvgIpc) is 3.00. The molecule has 1 N–H and O–H groups in total. The molecular formula is C27H36N6O3. The van der Waals surface area contributed by atoms with Crippen molar-refractivity contribution in [2.45, 2.75) is 32.2 Å². The van der Waals surface area contributed by atoms with E-state index in [9.17, 15) is 4.79 Å². The van der Waals surface area contributed by atoms with Gasteiger partial charge in [-0.25, -0.2) is 4.99 Å². The van der Waals surface area contributed by atoms with Gasteiger partial charge in [0.1, 0.15) is 12.4 Å². The van der Waals surface area contributed by atoms with E-state index in [-0.39, 0.29) is 5.91 Å². The summed E-state index contributed by atoms with van der Waals surface area (Å²) in [6.45, 7) is 18.7. The summed E-state index contributed by atoms with van der Waals surface area (Å²) in [6, 6.07) is 2.54. The Balaban J connectivity index is 1.33. The van der Waals surface area contributed by atoms with Gasteiger partial charge in [-0.05, 0) is 25.5 Å². The maximum absolute atomic E-state index is 11.7. The number of amides is 1. The van der Waals surface area contributed by atoms with E-state index in [1.54, 1.807) is 6.20 Å². The van der Waals surface area contributed by atoms with Gasteiger partial charge in [-0.1, -0.05) is 20.1 Å². The van der Waals surface area contributed by atoms with Gasteiger partial charge < -0.3 is 24.6 Å². The van der Waals surface area contributed by atoms with Gasteiger partial charge in [-0.3, -0.25) is 14.7 Å². The largest absolute Gasteiger partial charge is 0.485 e. The van der Waals surface area contributed by atoms with Crippen molar-refractivity contribution >= 4 is 17.4 Å². The Bertz CT molecular complexity index is 1090. The highest BCUT2D eigenvalue weighted by Gasteiger charge is 2.41. The smallest absolute Gasteiger partial charge is 0.246 e. The average molecular weight is 493 g/mol. The Morgan fingerprint density at radius 1 is 1.22 bits per heavy atom. The summed E-state index contributed by atoms with van der Waals surface area (Å²) in [5.74, 6) is 1.93. The van der Waals surface area contributed by atoms with Gasteiger partial charge in [0.15, 0.2) is 5.75 Å². The second kappa shape index (κ2) is 10.4. The number of rotatable bonds is 6. The van der Waals surface area contributed by atoms with E-state index in [1.807, 2.05) is 11.8 Å². The summed E-state index contributed by atoms with van der Waals surface area (Å²) >= 11 is 0. The molecule has 4 aliphatic rings. The lowest BCUT2D eigenvalue weighted by Crippen LogP contribution is -2.65. The molecule has 0 radical (unpaired) electrons. The van der Waals surface area contributed by atoms with Crippen LogP contribution in [0.2, 0.25) is 0 Å². The number of nitrogens with one attached hydrogen (secondary N) is 1. The van der Waals surface area contributed by atoms with Crippen molar-refractivity contribution in [3.63, 3.8) is 0 Å². The normalized spacial score (nSPS) is 23.6. The minimum atomic E-state index is 0.0164. The number of morpholine rings is 1. The van der Waals surface area contributed by atoms with Gasteiger partial charge in [0.05, 0.1) is 30.2 Å². The molecule has 0 aromatic carbocycles. The topological polar surface area (TPSA) is 82.5 Å². The van der Waals surface area contributed by atoms with Crippen LogP contribution < -0.4 is 10.1 Å². The summed E-state index contributed by atoms with van der Waals surface area (Å²) in [7, 11) is 0. The zero-order valence-electron chi connectivity index (χ0n) is 21.3. The summed E-state index contributed by atoms with van der Waals surface area (Å²) in [5.41, 5.74) is 5.11. The highest BCUT2D eigenvalue weighted by molar-refractivity contribution is 6.10. The van der Waals surface area contributed by atoms with E-state index in [2.05, 4.69) is 46.3 Å². The standard InChI is InChI=1S/C27H36N6O3/c1-5-24(31-8-10-35-11-9-31)21-17-36-26-18(4)29-22(12-23(26)30-27(21)28-7-3)19-13-32(14-19)20-15-33(16-20)25(34)6-2/h6-7,12,19-20H,2-3,5,8-11,13-17H2,1,4H3,(H,28,30)/b24-21+. The van der Waals surface area contributed by atoms with Crippen LogP contribution in [0.4, 0.5) is 5.69 Å². The Morgan fingerprint density at radius 2 is 1.97 bits per heavy atom. The fourth-order valence-corrected chi connectivity index (χ4v) is 5.46. The van der Waals surface area contributed by atoms with E-state index < -0.39 is 0 Å². The Morgan fingerprint density at radius 3 is 2.64 bits per heavy atom. The third kappa shape index (κ3) is 4.65. The lowest BCUT2D eigenvalue weighted by atomic mass is 9.91. The maximum atomic E-state index is 11.7. The van der Waals surface area contributed by atoms with Crippen LogP contribution in [0.25, 0.3) is 0 Å². The Hall–Kier alpha value is -3.17. The van der Waals surface area contributed by atoms with Crippen LogP contribution in [0.3, 0.4) is 0 Å². The van der Waals surface area contributed by atoms with Gasteiger partial charge in [-0.2, -0.15) is 0 Å². The number of pyridine rings is 1. The third-order valence-electron chi connectivity index (χ3n) is 7.55. The molecule has 0 bridgehead atoms. The van der Waals surface area contributed by atoms with Crippen LogP contribution in [-0.4, -0.2) is 96.6 Å². The monoisotopic (exact) mass is 492 g/mol. The lowest BCUT2D eigenvalue weighted by molar-refractivity contribution is -0.134. The number of fused-ring (bicyclic) bond motifs is 1. The number of ether oxygens (including phenoxy) is 2. The molecule has 192 valence electrons. The van der Waals surface area contributed by atoms with Crippen LogP contribution >= 0.6 is 0 Å². The van der Waals surface area contributed by atoms with Crippen molar-refractivity contribution in [3.8, 4) is 5.75 Å². The van der Waals surface area contributed by atoms with Crippen LogP contribution in [0.5, 0.6) is 5.75 Å². The predicted octanol–water partition coefficient (Wildman–Crippen LogP) is 2.53. The molecule has 0 unspecified atom stereocenters. The highest BCUT2D eigenvalue weighted by Crippen LogP contribution is 2.37. The summed E-state index contributed by atoms with van der Waals surface area (Å²) in [5, 5.41) is 3.56. The van der Waals surface area contributed by atoms with Crippen LogP contribution in [0.1, 0.15) is 30.7 Å². The minimum Gasteiger partial charge on any atom is -0.485 e. The fraction of sp³-hybridized carbons (Fsp3) is 0.519. The molecule has 3 saturated heterocycles. The minimum absolute atomic E-state index is 0.0164. The molecule has 0 spiro atoms. The predicted molar refractivity (Wildman–Crippen MR) is 140 cm³/mol. The number of carbonyl (C=O) groups excluding carboxylic acids is 1. The number of anilines is 1. The molecule has 1 amide bonds. The number of amidine groups is 1. The number of aliphatic imine (C=N–C) groups is 1. The number of hydrogen-bond donors (Lipinski definition) is 1. The number of aryl methyl sites for hydroxylation is 1. The third-order valence-corrected chi connectivity index (χ3v) is 7.55. The molecule has 0 aliphatic carbocycles. The number of hydrogen-bond acceptors (Lipinski definition) is 7. The molecule has 4 aliphatic heterocycles. The second-order valence-corrected chi connectivity index (χ2v) is 9.71. The van der Waals surface area contributed by atoms with Gasteiger partial charge in [0.2, 0.25) is 5.91 Å². The Labute approximate surface area is 213 Å². The number of nitrogens with zero attached hydrogens (tertiary/aromatic N) is 5. The quantitative estimate of drug-likeness (QED) is 0.611. The first kappa shape index (κ1) is 24.5. The van der Waals surface area contributed by atoms with Crippen molar-refractivity contribution in [3.05, 3.63) is 54.2 Å². The first-order valence-electron chi connectivity index (χ1n) is 12.8. The summed E-state index contributed by atoms with van der Waals surface area (Å²) in [4.78, 5) is 27.9. The summed E-state index contributed by atoms with van der Waals surface area (Å²) in [6.07, 6.45) is 3.85. The molecule has 9 heteroatoms. The van der Waals surface area contributed by atoms with Crippen molar-refractivity contribution < 1.29 is 14.3 Å². The molecule has 0 saturated carbocycles. The van der Waals surface area contributed by atoms with Crippen molar-refractivity contribution in [1.82, 2.24) is 19.7 Å². The number of carbonyl (C=O) groups is 1. The van der Waals surface area contributed by atoms with Crippen LogP contribution in [0, 0.1) is 6.92 Å². The highest BCUT2D eigenvalue weighted by atomic mass is 16.5. The first-order valence-corrected chi connectivity index (χ1v) is 12.8. The molecule has 0 atom stereocenters. The van der Waals surface area contributed by atoms with Gasteiger partial charge in [0, 0.05) is 68.8 Å². The molecule has 5 heterocycles. The molecule has 1 aromatic heterocycles. The van der Waals surface area contributed by atoms with Gasteiger partial charge in [0.25, 0.3) is 0 Å². The van der Waals surface area contributed by atoms with E-state index in [0.717, 1.165) is 93.1 Å². The molecule has 1 aromatic rings. The zero-order chi connectivity index (χ0) is 25.2. The number of likely N-dealkylation sites (tertiary alicyclic amines) is 2. The Kier molecular flexibility index (Phi) is 7.11. The van der Waals surface area contributed by atoms with Crippen molar-refractivity contribution in [2.75, 3.05) is 64.4 Å². The maximum Gasteiger partial charge on any atom is 0.246 e. The van der Waals surface area contributed by atoms with E-state index in [1.165, 1.54) is 11.8 Å². The zero-order valence-corrected chi connectivity index (χ0v) is 21.3. The van der Waals surface area contributed by atoms with Crippen LogP contribution in [-0.2, 0) is 9.53 Å². The van der Waals surface area contributed by atoms with Gasteiger partial charge in [-0.15, -0.1) is 0 Å². The second-order valence-electron chi connectivity index (χ2n) is 9.71. The van der Waals surface area contributed by atoms with E-state index in [4.69, 9.17) is 14.5 Å². The SMILES string of the molecule is C=CN=C1Nc2cc(C3CN(C4CN(C(=O)C=C)C4)C3)nc(C)c2OC/C1=C(/CC)N1CCOCC1. The van der Waals surface area contributed by atoms with Gasteiger partial charge >= 0.3 is 0 Å². The molecule has 3 fully saturated rings. The lowest BCUT2D eigenvalue weighted by Gasteiger charge is -2.51. The molecule has 36 heavy (non-hydrogen) atoms. The first-order chi connectivity index (χ1) is 17.5. The summed E-state index contributed by atoms with van der Waals surface area (Å²) < 4.78 is 11.9. The van der Waals surface area contributed by atoms with Crippen LogP contribution in [0.15, 0.2) is 47.8 Å². The molecule has 9 nitrogen and oxygen atoms in total.